The molecule has 0 aliphatic rings. The highest BCUT2D eigenvalue weighted by atomic mass is 16.5. The standard InChI is InChI=1S/C27H27N3O6/c1-3-13-35-19-8-10-21(23(32)15-19)26-28-25(17-4-6-18(34-2)7-5-17)29-27(30-26)22-11-9-20(16-24(22)33)36-14-12-31/h4-11,15-16,31-33H,3,12-14H2,1-2H3. The number of aromatic hydroxyl groups is 2. The Bertz CT molecular complexity index is 1250. The summed E-state index contributed by atoms with van der Waals surface area (Å²) >= 11 is 0. The fourth-order valence-electron chi connectivity index (χ4n) is 3.45. The highest BCUT2D eigenvalue weighted by Crippen LogP contribution is 2.35. The van der Waals surface area contributed by atoms with Crippen LogP contribution in [0, 0.1) is 0 Å². The van der Waals surface area contributed by atoms with Crippen molar-refractivity contribution in [2.45, 2.75) is 13.3 Å². The van der Waals surface area contributed by atoms with Gasteiger partial charge in [-0.25, -0.2) is 15.0 Å². The number of nitrogens with zero attached hydrogens (tertiary/aromatic N) is 3. The maximum absolute atomic E-state index is 10.7. The van der Waals surface area contributed by atoms with Gasteiger partial charge in [-0.05, 0) is 55.0 Å². The molecule has 4 rings (SSSR count). The van der Waals surface area contributed by atoms with Crippen molar-refractivity contribution in [1.29, 1.82) is 0 Å². The van der Waals surface area contributed by atoms with Gasteiger partial charge in [-0.15, -0.1) is 0 Å². The first-order chi connectivity index (χ1) is 17.5. The van der Waals surface area contributed by atoms with Gasteiger partial charge in [0.05, 0.1) is 31.5 Å². The van der Waals surface area contributed by atoms with E-state index in [1.54, 1.807) is 43.5 Å². The number of aromatic nitrogens is 3. The third-order valence-electron chi connectivity index (χ3n) is 5.24. The van der Waals surface area contributed by atoms with Crippen LogP contribution in [0.25, 0.3) is 34.2 Å². The lowest BCUT2D eigenvalue weighted by atomic mass is 10.1. The zero-order valence-electron chi connectivity index (χ0n) is 20.0. The van der Waals surface area contributed by atoms with Gasteiger partial charge < -0.3 is 29.5 Å². The summed E-state index contributed by atoms with van der Waals surface area (Å²) in [5.41, 5.74) is 1.44. The summed E-state index contributed by atoms with van der Waals surface area (Å²) in [5, 5.41) is 30.4. The van der Waals surface area contributed by atoms with Crippen molar-refractivity contribution in [1.82, 2.24) is 15.0 Å². The van der Waals surface area contributed by atoms with Crippen molar-refractivity contribution in [3.8, 4) is 62.9 Å². The largest absolute Gasteiger partial charge is 0.507 e. The molecule has 1 aromatic heterocycles. The molecule has 4 aromatic rings. The first kappa shape index (κ1) is 24.7. The molecule has 0 amide bonds. The highest BCUT2D eigenvalue weighted by Gasteiger charge is 2.17. The number of aliphatic hydroxyl groups excluding tert-OH is 1. The van der Waals surface area contributed by atoms with Gasteiger partial charge in [0.15, 0.2) is 17.5 Å². The van der Waals surface area contributed by atoms with E-state index in [1.807, 2.05) is 19.1 Å². The Kier molecular flexibility index (Phi) is 7.82. The number of hydrogen-bond acceptors (Lipinski definition) is 9. The lowest BCUT2D eigenvalue weighted by Gasteiger charge is -2.12. The summed E-state index contributed by atoms with van der Waals surface area (Å²) in [6.07, 6.45) is 0.845. The van der Waals surface area contributed by atoms with Gasteiger partial charge in [0.25, 0.3) is 0 Å². The molecule has 0 saturated carbocycles. The molecule has 9 nitrogen and oxygen atoms in total. The summed E-state index contributed by atoms with van der Waals surface area (Å²) < 4.78 is 16.2. The van der Waals surface area contributed by atoms with Crippen LogP contribution in [0.1, 0.15) is 13.3 Å². The number of methoxy groups -OCH3 is 1. The Morgan fingerprint density at radius 1 is 0.667 bits per heavy atom. The summed E-state index contributed by atoms with van der Waals surface area (Å²) in [6.45, 7) is 2.50. The molecule has 0 radical (unpaired) electrons. The van der Waals surface area contributed by atoms with Crippen LogP contribution in [0.3, 0.4) is 0 Å². The smallest absolute Gasteiger partial charge is 0.167 e. The van der Waals surface area contributed by atoms with Gasteiger partial charge in [-0.2, -0.15) is 0 Å². The van der Waals surface area contributed by atoms with Crippen LogP contribution in [-0.4, -0.2) is 57.2 Å². The van der Waals surface area contributed by atoms with Gasteiger partial charge in [0.1, 0.15) is 35.4 Å². The molecule has 0 bridgehead atoms. The van der Waals surface area contributed by atoms with Crippen LogP contribution >= 0.6 is 0 Å². The summed E-state index contributed by atoms with van der Waals surface area (Å²) in [7, 11) is 1.58. The Morgan fingerprint density at radius 3 is 1.64 bits per heavy atom. The summed E-state index contributed by atoms with van der Waals surface area (Å²) in [4.78, 5) is 13.7. The van der Waals surface area contributed by atoms with Crippen LogP contribution in [0.4, 0.5) is 0 Å². The normalized spacial score (nSPS) is 10.8. The predicted molar refractivity (Wildman–Crippen MR) is 134 cm³/mol. The highest BCUT2D eigenvalue weighted by molar-refractivity contribution is 5.72. The molecule has 0 unspecified atom stereocenters. The van der Waals surface area contributed by atoms with Gasteiger partial charge in [0.2, 0.25) is 0 Å². The van der Waals surface area contributed by atoms with Crippen LogP contribution in [0.2, 0.25) is 0 Å². The van der Waals surface area contributed by atoms with Crippen molar-refractivity contribution in [3.63, 3.8) is 0 Å². The third kappa shape index (κ3) is 5.64. The first-order valence-electron chi connectivity index (χ1n) is 11.5. The number of phenols is 2. The van der Waals surface area contributed by atoms with E-state index in [9.17, 15) is 10.2 Å². The second-order valence-electron chi connectivity index (χ2n) is 7.81. The average molecular weight is 490 g/mol. The van der Waals surface area contributed by atoms with Crippen molar-refractivity contribution < 1.29 is 29.5 Å². The van der Waals surface area contributed by atoms with Gasteiger partial charge in [-0.1, -0.05) is 6.92 Å². The molecular weight excluding hydrogens is 462 g/mol. The summed E-state index contributed by atoms with van der Waals surface area (Å²) in [5.74, 6) is 2.27. The number of hydrogen-bond donors (Lipinski definition) is 3. The zero-order chi connectivity index (χ0) is 25.5. The Morgan fingerprint density at radius 2 is 1.17 bits per heavy atom. The fourth-order valence-corrected chi connectivity index (χ4v) is 3.45. The van der Waals surface area contributed by atoms with E-state index in [-0.39, 0.29) is 36.4 Å². The third-order valence-corrected chi connectivity index (χ3v) is 5.24. The number of rotatable bonds is 10. The van der Waals surface area contributed by atoms with Crippen LogP contribution in [0.5, 0.6) is 28.7 Å². The Labute approximate surface area is 208 Å². The number of aliphatic hydroxyl groups is 1. The van der Waals surface area contributed by atoms with E-state index in [4.69, 9.17) is 19.3 Å². The first-order valence-corrected chi connectivity index (χ1v) is 11.5. The van der Waals surface area contributed by atoms with Gasteiger partial charge in [-0.3, -0.25) is 0 Å². The molecule has 1 heterocycles. The van der Waals surface area contributed by atoms with Crippen molar-refractivity contribution in [2.75, 3.05) is 26.9 Å². The van der Waals surface area contributed by atoms with E-state index in [0.29, 0.717) is 46.4 Å². The molecule has 0 saturated heterocycles. The minimum absolute atomic E-state index is 0.0431. The Balaban J connectivity index is 1.81. The maximum atomic E-state index is 10.7. The molecule has 9 heteroatoms. The average Bonchev–Trinajstić information content (AvgIpc) is 2.90. The quantitative estimate of drug-likeness (QED) is 0.296. The monoisotopic (exact) mass is 489 g/mol. The van der Waals surface area contributed by atoms with Crippen LogP contribution in [0.15, 0.2) is 60.7 Å². The lowest BCUT2D eigenvalue weighted by Crippen LogP contribution is -2.02. The molecule has 0 aliphatic heterocycles. The predicted octanol–water partition coefficient (Wildman–Crippen LogP) is 4.45. The fraction of sp³-hybridized carbons (Fsp3) is 0.222. The van der Waals surface area contributed by atoms with Crippen LogP contribution in [-0.2, 0) is 0 Å². The number of benzene rings is 3. The molecule has 186 valence electrons. The van der Waals surface area contributed by atoms with Crippen LogP contribution < -0.4 is 14.2 Å². The molecule has 0 fully saturated rings. The van der Waals surface area contributed by atoms with E-state index in [0.717, 1.165) is 6.42 Å². The molecule has 3 aromatic carbocycles. The minimum atomic E-state index is -0.143. The molecule has 0 aliphatic carbocycles. The minimum Gasteiger partial charge on any atom is -0.507 e. The van der Waals surface area contributed by atoms with Gasteiger partial charge in [0, 0.05) is 17.7 Å². The second-order valence-corrected chi connectivity index (χ2v) is 7.81. The zero-order valence-corrected chi connectivity index (χ0v) is 20.0. The van der Waals surface area contributed by atoms with Crippen molar-refractivity contribution >= 4 is 0 Å². The second kappa shape index (κ2) is 11.4. The molecule has 0 spiro atoms. The van der Waals surface area contributed by atoms with E-state index >= 15 is 0 Å². The number of ether oxygens (including phenoxy) is 3. The van der Waals surface area contributed by atoms with Gasteiger partial charge >= 0.3 is 0 Å². The lowest BCUT2D eigenvalue weighted by molar-refractivity contribution is 0.201. The van der Waals surface area contributed by atoms with E-state index in [2.05, 4.69) is 15.0 Å². The van der Waals surface area contributed by atoms with E-state index in [1.165, 1.54) is 12.1 Å². The molecule has 3 N–H and O–H groups in total. The van der Waals surface area contributed by atoms with E-state index < -0.39 is 0 Å². The van der Waals surface area contributed by atoms with Crippen molar-refractivity contribution in [3.05, 3.63) is 60.7 Å². The molecule has 36 heavy (non-hydrogen) atoms. The topological polar surface area (TPSA) is 127 Å². The maximum Gasteiger partial charge on any atom is 0.167 e. The SMILES string of the molecule is CCCOc1ccc(-c2nc(-c3ccc(OC)cc3)nc(-c3ccc(OCCO)cc3O)n2)c(O)c1. The Hall–Kier alpha value is -4.37. The molecular formula is C27H27N3O6. The summed E-state index contributed by atoms with van der Waals surface area (Å²) in [6, 6.07) is 16.9. The van der Waals surface area contributed by atoms with Crippen molar-refractivity contribution in [2.24, 2.45) is 0 Å². The molecule has 0 atom stereocenters. The number of phenolic OH excluding ortho intramolecular Hbond substituents is 2.